The van der Waals surface area contributed by atoms with Gasteiger partial charge < -0.3 is 14.6 Å². The summed E-state index contributed by atoms with van der Waals surface area (Å²) in [7, 11) is 0. The Hall–Kier alpha value is -3.78. The van der Waals surface area contributed by atoms with Crippen LogP contribution in [0.3, 0.4) is 0 Å². The number of para-hydroxylation sites is 1. The number of rotatable bonds is 6. The molecule has 0 radical (unpaired) electrons. The van der Waals surface area contributed by atoms with Gasteiger partial charge in [0.15, 0.2) is 0 Å². The Morgan fingerprint density at radius 2 is 1.74 bits per heavy atom. The maximum absolute atomic E-state index is 12.7. The number of nitriles is 1. The summed E-state index contributed by atoms with van der Waals surface area (Å²) in [5.74, 6) is 0.291. The van der Waals surface area contributed by atoms with Gasteiger partial charge in [-0.1, -0.05) is 18.2 Å². The monoisotopic (exact) mass is 413 g/mol. The summed E-state index contributed by atoms with van der Waals surface area (Å²) >= 11 is 0. The molecule has 31 heavy (non-hydrogen) atoms. The SMILES string of the molecule is CCOc1ccc(NC(=O)C(C#N)=Cc2cc(C)n(-c3c(C)cccc3C)c2C)cc1. The summed E-state index contributed by atoms with van der Waals surface area (Å²) in [5, 5.41) is 12.4. The molecule has 0 aliphatic rings. The molecule has 5 heteroatoms. The van der Waals surface area contributed by atoms with E-state index in [0.29, 0.717) is 12.3 Å². The van der Waals surface area contributed by atoms with Gasteiger partial charge in [-0.3, -0.25) is 4.79 Å². The van der Waals surface area contributed by atoms with Crippen molar-refractivity contribution in [3.05, 3.63) is 82.2 Å². The molecule has 1 amide bonds. The zero-order valence-electron chi connectivity index (χ0n) is 18.6. The third kappa shape index (κ3) is 4.70. The van der Waals surface area contributed by atoms with Gasteiger partial charge in [0, 0.05) is 17.1 Å². The topological polar surface area (TPSA) is 67.0 Å². The largest absolute Gasteiger partial charge is 0.494 e. The molecule has 0 unspecified atom stereocenters. The fraction of sp³-hybridized carbons (Fsp3) is 0.231. The summed E-state index contributed by atoms with van der Waals surface area (Å²) in [5.41, 5.74) is 7.01. The van der Waals surface area contributed by atoms with Crippen LogP contribution in [0, 0.1) is 39.0 Å². The first-order valence-electron chi connectivity index (χ1n) is 10.3. The molecule has 1 aromatic heterocycles. The minimum Gasteiger partial charge on any atom is -0.494 e. The fourth-order valence-corrected chi connectivity index (χ4v) is 3.74. The summed E-state index contributed by atoms with van der Waals surface area (Å²) in [4.78, 5) is 12.7. The van der Waals surface area contributed by atoms with Crippen molar-refractivity contribution < 1.29 is 9.53 Å². The Kier molecular flexibility index (Phi) is 6.61. The molecular formula is C26H27N3O2. The lowest BCUT2D eigenvalue weighted by atomic mass is 10.1. The molecule has 0 aliphatic heterocycles. The average molecular weight is 414 g/mol. The molecule has 0 spiro atoms. The zero-order valence-corrected chi connectivity index (χ0v) is 18.6. The van der Waals surface area contributed by atoms with Gasteiger partial charge in [-0.05, 0) is 87.7 Å². The molecule has 3 rings (SSSR count). The molecule has 1 N–H and O–H groups in total. The maximum atomic E-state index is 12.7. The Bertz CT molecular complexity index is 1160. The Balaban J connectivity index is 1.91. The van der Waals surface area contributed by atoms with Crippen LogP contribution >= 0.6 is 0 Å². The molecule has 3 aromatic rings. The van der Waals surface area contributed by atoms with Crippen molar-refractivity contribution in [3.63, 3.8) is 0 Å². The van der Waals surface area contributed by atoms with Crippen LogP contribution in [0.15, 0.2) is 54.1 Å². The highest BCUT2D eigenvalue weighted by Crippen LogP contribution is 2.27. The number of ether oxygens (including phenoxy) is 1. The van der Waals surface area contributed by atoms with Crippen LogP contribution < -0.4 is 10.1 Å². The third-order valence-electron chi connectivity index (χ3n) is 5.22. The number of hydrogen-bond donors (Lipinski definition) is 1. The molecule has 0 fully saturated rings. The number of carbonyl (C=O) groups is 1. The van der Waals surface area contributed by atoms with E-state index in [2.05, 4.69) is 35.9 Å². The van der Waals surface area contributed by atoms with Crippen molar-refractivity contribution >= 4 is 17.7 Å². The predicted octanol–water partition coefficient (Wildman–Crippen LogP) is 5.66. The van der Waals surface area contributed by atoms with Gasteiger partial charge in [-0.2, -0.15) is 5.26 Å². The molecule has 1 heterocycles. The lowest BCUT2D eigenvalue weighted by Crippen LogP contribution is -2.13. The van der Waals surface area contributed by atoms with Crippen molar-refractivity contribution in [1.29, 1.82) is 5.26 Å². The second kappa shape index (κ2) is 9.36. The third-order valence-corrected chi connectivity index (χ3v) is 5.22. The van der Waals surface area contributed by atoms with Crippen molar-refractivity contribution in [2.75, 3.05) is 11.9 Å². The number of benzene rings is 2. The number of hydrogen-bond acceptors (Lipinski definition) is 3. The minimum atomic E-state index is -0.441. The normalized spacial score (nSPS) is 11.2. The van der Waals surface area contributed by atoms with E-state index in [0.717, 1.165) is 28.4 Å². The number of aryl methyl sites for hydroxylation is 3. The molecule has 2 aromatic carbocycles. The number of anilines is 1. The van der Waals surface area contributed by atoms with Crippen LogP contribution in [0.25, 0.3) is 11.8 Å². The Morgan fingerprint density at radius 3 is 2.32 bits per heavy atom. The van der Waals surface area contributed by atoms with Crippen LogP contribution in [0.5, 0.6) is 5.75 Å². The van der Waals surface area contributed by atoms with E-state index < -0.39 is 5.91 Å². The van der Waals surface area contributed by atoms with E-state index >= 15 is 0 Å². The highest BCUT2D eigenvalue weighted by Gasteiger charge is 2.16. The molecule has 0 bridgehead atoms. The van der Waals surface area contributed by atoms with E-state index in [4.69, 9.17) is 4.74 Å². The van der Waals surface area contributed by atoms with Gasteiger partial charge in [0.1, 0.15) is 17.4 Å². The van der Waals surface area contributed by atoms with Gasteiger partial charge in [0.2, 0.25) is 0 Å². The van der Waals surface area contributed by atoms with Crippen LogP contribution in [-0.2, 0) is 4.79 Å². The second-order valence-corrected chi connectivity index (χ2v) is 7.48. The average Bonchev–Trinajstić information content (AvgIpc) is 3.01. The van der Waals surface area contributed by atoms with Gasteiger partial charge in [-0.25, -0.2) is 0 Å². The first-order valence-corrected chi connectivity index (χ1v) is 10.3. The van der Waals surface area contributed by atoms with E-state index in [1.165, 1.54) is 11.1 Å². The summed E-state index contributed by atoms with van der Waals surface area (Å²) in [6.07, 6.45) is 1.65. The van der Waals surface area contributed by atoms with Crippen LogP contribution in [0.4, 0.5) is 5.69 Å². The number of carbonyl (C=O) groups excluding carboxylic acids is 1. The standard InChI is InChI=1S/C26H27N3O2/c1-6-31-24-12-10-23(11-13-24)28-26(30)22(16-27)15-21-14-19(4)29(20(21)5)25-17(2)8-7-9-18(25)3/h7-15H,6H2,1-5H3,(H,28,30). The number of nitrogens with one attached hydrogen (secondary N) is 1. The number of amides is 1. The molecule has 0 saturated heterocycles. The van der Waals surface area contributed by atoms with E-state index in [9.17, 15) is 10.1 Å². The second-order valence-electron chi connectivity index (χ2n) is 7.48. The smallest absolute Gasteiger partial charge is 0.266 e. The molecular weight excluding hydrogens is 386 g/mol. The van der Waals surface area contributed by atoms with Gasteiger partial charge in [0.25, 0.3) is 5.91 Å². The summed E-state index contributed by atoms with van der Waals surface area (Å²) in [6.45, 7) is 10.7. The fourth-order valence-electron chi connectivity index (χ4n) is 3.74. The minimum absolute atomic E-state index is 0.0515. The molecule has 0 aliphatic carbocycles. The lowest BCUT2D eigenvalue weighted by molar-refractivity contribution is -0.112. The number of aromatic nitrogens is 1. The van der Waals surface area contributed by atoms with Crippen molar-refractivity contribution in [1.82, 2.24) is 4.57 Å². The summed E-state index contributed by atoms with van der Waals surface area (Å²) in [6, 6.07) is 17.3. The van der Waals surface area contributed by atoms with Crippen molar-refractivity contribution in [2.24, 2.45) is 0 Å². The van der Waals surface area contributed by atoms with E-state index in [1.54, 1.807) is 30.3 Å². The quantitative estimate of drug-likeness (QED) is 0.419. The highest BCUT2D eigenvalue weighted by molar-refractivity contribution is 6.09. The van der Waals surface area contributed by atoms with Gasteiger partial charge in [-0.15, -0.1) is 0 Å². The van der Waals surface area contributed by atoms with E-state index in [1.807, 2.05) is 39.0 Å². The first kappa shape index (κ1) is 21.9. The first-order chi connectivity index (χ1) is 14.8. The van der Waals surface area contributed by atoms with Crippen molar-refractivity contribution in [3.8, 4) is 17.5 Å². The van der Waals surface area contributed by atoms with Crippen LogP contribution in [0.2, 0.25) is 0 Å². The van der Waals surface area contributed by atoms with Crippen molar-refractivity contribution in [2.45, 2.75) is 34.6 Å². The Morgan fingerprint density at radius 1 is 1.10 bits per heavy atom. The van der Waals surface area contributed by atoms with Gasteiger partial charge >= 0.3 is 0 Å². The predicted molar refractivity (Wildman–Crippen MR) is 125 cm³/mol. The molecule has 158 valence electrons. The molecule has 5 nitrogen and oxygen atoms in total. The van der Waals surface area contributed by atoms with Crippen LogP contribution in [-0.4, -0.2) is 17.1 Å². The molecule has 0 saturated carbocycles. The zero-order chi connectivity index (χ0) is 22.5. The van der Waals surface area contributed by atoms with Gasteiger partial charge in [0.05, 0.1) is 12.3 Å². The highest BCUT2D eigenvalue weighted by atomic mass is 16.5. The molecule has 0 atom stereocenters. The Labute approximate surface area is 183 Å². The lowest BCUT2D eigenvalue weighted by Gasteiger charge is -2.15. The van der Waals surface area contributed by atoms with E-state index in [-0.39, 0.29) is 5.57 Å². The summed E-state index contributed by atoms with van der Waals surface area (Å²) < 4.78 is 7.59. The van der Waals surface area contributed by atoms with Crippen LogP contribution in [0.1, 0.15) is 35.0 Å². The maximum Gasteiger partial charge on any atom is 0.266 e. The number of nitrogens with zero attached hydrogens (tertiary/aromatic N) is 2.